The molecule has 0 aliphatic carbocycles. The van der Waals surface area contributed by atoms with E-state index in [1.165, 1.54) is 0 Å². The lowest BCUT2D eigenvalue weighted by Gasteiger charge is -2.32. The highest BCUT2D eigenvalue weighted by atomic mass is 16.6. The predicted molar refractivity (Wildman–Crippen MR) is 92.2 cm³/mol. The van der Waals surface area contributed by atoms with E-state index in [9.17, 15) is 0 Å². The van der Waals surface area contributed by atoms with E-state index in [1.807, 2.05) is 12.1 Å². The summed E-state index contributed by atoms with van der Waals surface area (Å²) in [6.07, 6.45) is 0.104. The number of hydrogen-bond donors (Lipinski definition) is 2. The van der Waals surface area contributed by atoms with Crippen LogP contribution < -0.4 is 20.1 Å². The number of nitrogens with one attached hydrogen (secondary N) is 2. The van der Waals surface area contributed by atoms with Crippen LogP contribution in [0.5, 0.6) is 11.5 Å². The van der Waals surface area contributed by atoms with E-state index < -0.39 is 0 Å². The van der Waals surface area contributed by atoms with E-state index in [4.69, 9.17) is 14.3 Å². The van der Waals surface area contributed by atoms with Crippen molar-refractivity contribution in [1.82, 2.24) is 10.2 Å². The normalized spacial score (nSPS) is 25.8. The van der Waals surface area contributed by atoms with Gasteiger partial charge < -0.3 is 24.9 Å². The second-order valence-electron chi connectivity index (χ2n) is 6.41. The molecule has 4 rings (SSSR count). The molecule has 1 aromatic carbocycles. The minimum atomic E-state index is 0.104. The Kier molecular flexibility index (Phi) is 4.20. The molecule has 1 fully saturated rings. The lowest BCUT2D eigenvalue weighted by molar-refractivity contribution is 0.0308. The molecule has 24 heavy (non-hydrogen) atoms. The Morgan fingerprint density at radius 3 is 2.71 bits per heavy atom. The Labute approximate surface area is 141 Å². The monoisotopic (exact) mass is 332 g/mol. The molecular formula is C17H24N4O3. The number of hydrogen-bond acceptors (Lipinski definition) is 7. The Hall–Kier alpha value is -1.99. The third kappa shape index (κ3) is 2.67. The van der Waals surface area contributed by atoms with Crippen LogP contribution in [0.3, 0.4) is 0 Å². The van der Waals surface area contributed by atoms with Gasteiger partial charge in [0, 0.05) is 56.6 Å². The van der Waals surface area contributed by atoms with Gasteiger partial charge in [-0.15, -0.1) is 0 Å². The van der Waals surface area contributed by atoms with Gasteiger partial charge in [-0.05, 0) is 6.07 Å². The minimum absolute atomic E-state index is 0.104. The van der Waals surface area contributed by atoms with Crippen molar-refractivity contribution in [3.05, 3.63) is 17.7 Å². The molecule has 1 aromatic rings. The number of benzene rings is 1. The Bertz CT molecular complexity index is 643. The fourth-order valence-corrected chi connectivity index (χ4v) is 3.68. The second-order valence-corrected chi connectivity index (χ2v) is 6.41. The molecule has 1 saturated heterocycles. The molecule has 3 aliphatic rings. The van der Waals surface area contributed by atoms with Crippen molar-refractivity contribution in [3.8, 4) is 11.5 Å². The number of piperazine rings is 1. The van der Waals surface area contributed by atoms with E-state index in [0.29, 0.717) is 5.75 Å². The summed E-state index contributed by atoms with van der Waals surface area (Å²) in [5.41, 5.74) is 3.09. The van der Waals surface area contributed by atoms with Crippen molar-refractivity contribution < 1.29 is 14.3 Å². The highest BCUT2D eigenvalue weighted by Crippen LogP contribution is 2.39. The van der Waals surface area contributed by atoms with E-state index in [0.717, 1.165) is 62.0 Å². The highest BCUT2D eigenvalue weighted by Gasteiger charge is 2.40. The molecule has 0 aromatic heterocycles. The van der Waals surface area contributed by atoms with E-state index >= 15 is 0 Å². The molecule has 2 atom stereocenters. The zero-order valence-corrected chi connectivity index (χ0v) is 14.2. The number of nitrogens with zero attached hydrogens (tertiary/aromatic N) is 2. The molecule has 0 spiro atoms. The maximum Gasteiger partial charge on any atom is 0.162 e. The van der Waals surface area contributed by atoms with Crippen LogP contribution in [-0.4, -0.2) is 70.2 Å². The van der Waals surface area contributed by atoms with Crippen LogP contribution in [0.1, 0.15) is 5.56 Å². The van der Waals surface area contributed by atoms with E-state index in [1.54, 1.807) is 14.2 Å². The first-order valence-corrected chi connectivity index (χ1v) is 8.47. The van der Waals surface area contributed by atoms with Crippen molar-refractivity contribution in [3.63, 3.8) is 0 Å². The molecule has 0 bridgehead atoms. The fourth-order valence-electron chi connectivity index (χ4n) is 3.68. The number of anilines is 1. The van der Waals surface area contributed by atoms with Gasteiger partial charge in [-0.2, -0.15) is 0 Å². The van der Waals surface area contributed by atoms with Crippen LogP contribution >= 0.6 is 0 Å². The number of ether oxygens (including phenoxy) is 2. The van der Waals surface area contributed by atoms with Crippen LogP contribution in [0.4, 0.5) is 5.69 Å². The molecular weight excluding hydrogens is 308 g/mol. The zero-order valence-electron chi connectivity index (χ0n) is 14.2. The number of methoxy groups -OCH3 is 2. The third-order valence-corrected chi connectivity index (χ3v) is 5.05. The van der Waals surface area contributed by atoms with E-state index in [-0.39, 0.29) is 12.0 Å². The molecule has 0 radical (unpaired) electrons. The summed E-state index contributed by atoms with van der Waals surface area (Å²) in [6, 6.07) is 3.96. The van der Waals surface area contributed by atoms with Crippen molar-refractivity contribution in [2.75, 3.05) is 58.8 Å². The first-order chi connectivity index (χ1) is 11.8. The molecule has 0 amide bonds. The third-order valence-electron chi connectivity index (χ3n) is 5.05. The van der Waals surface area contributed by atoms with Gasteiger partial charge in [-0.25, -0.2) is 0 Å². The van der Waals surface area contributed by atoms with Crippen LogP contribution in [0.15, 0.2) is 17.3 Å². The minimum Gasteiger partial charge on any atom is -0.493 e. The Morgan fingerprint density at radius 1 is 1.21 bits per heavy atom. The van der Waals surface area contributed by atoms with Crippen molar-refractivity contribution in [1.29, 1.82) is 0 Å². The molecule has 2 N–H and O–H groups in total. The summed E-state index contributed by atoms with van der Waals surface area (Å²) in [4.78, 5) is 8.25. The molecule has 0 saturated carbocycles. The van der Waals surface area contributed by atoms with Crippen LogP contribution in [0, 0.1) is 5.92 Å². The second kappa shape index (κ2) is 6.49. The zero-order chi connectivity index (χ0) is 16.5. The first-order valence-electron chi connectivity index (χ1n) is 8.47. The van der Waals surface area contributed by atoms with Gasteiger partial charge in [-0.1, -0.05) is 5.16 Å². The summed E-state index contributed by atoms with van der Waals surface area (Å²) in [5.74, 6) is 1.71. The molecule has 2 unspecified atom stereocenters. The van der Waals surface area contributed by atoms with Gasteiger partial charge in [0.05, 0.1) is 25.8 Å². The summed E-state index contributed by atoms with van der Waals surface area (Å²) >= 11 is 0. The molecule has 7 nitrogen and oxygen atoms in total. The quantitative estimate of drug-likeness (QED) is 0.848. The number of rotatable bonds is 4. The first kappa shape index (κ1) is 15.5. The SMILES string of the molecule is COc1cc2c(cc1OC)C1=NOC(CN3CCNCC3)C1CN2. The lowest BCUT2D eigenvalue weighted by atomic mass is 9.87. The number of fused-ring (bicyclic) bond motifs is 3. The standard InChI is InChI=1S/C17H24N4O3/c1-22-14-7-11-13(8-15(14)23-2)19-9-12-16(24-20-17(11)12)10-21-5-3-18-4-6-21/h7-8,12,16,18-19H,3-6,9-10H2,1-2H3. The van der Waals surface area contributed by atoms with Gasteiger partial charge in [0.15, 0.2) is 11.5 Å². The molecule has 130 valence electrons. The lowest BCUT2D eigenvalue weighted by Crippen LogP contribution is -2.48. The van der Waals surface area contributed by atoms with Crippen molar-refractivity contribution in [2.45, 2.75) is 6.10 Å². The average molecular weight is 332 g/mol. The van der Waals surface area contributed by atoms with Gasteiger partial charge in [0.25, 0.3) is 0 Å². The van der Waals surface area contributed by atoms with Gasteiger partial charge in [0.1, 0.15) is 6.10 Å². The summed E-state index contributed by atoms with van der Waals surface area (Å²) in [6.45, 7) is 5.97. The topological polar surface area (TPSA) is 67.3 Å². The average Bonchev–Trinajstić information content (AvgIpc) is 3.04. The Morgan fingerprint density at radius 2 is 1.96 bits per heavy atom. The van der Waals surface area contributed by atoms with Gasteiger partial charge in [0.2, 0.25) is 0 Å². The van der Waals surface area contributed by atoms with Crippen molar-refractivity contribution in [2.24, 2.45) is 11.1 Å². The smallest absolute Gasteiger partial charge is 0.162 e. The predicted octanol–water partition coefficient (Wildman–Crippen LogP) is 0.754. The van der Waals surface area contributed by atoms with Crippen LogP contribution in [0.2, 0.25) is 0 Å². The molecule has 3 aliphatic heterocycles. The van der Waals surface area contributed by atoms with Gasteiger partial charge in [-0.3, -0.25) is 4.90 Å². The molecule has 7 heteroatoms. The van der Waals surface area contributed by atoms with E-state index in [2.05, 4.69) is 20.7 Å². The summed E-state index contributed by atoms with van der Waals surface area (Å²) in [7, 11) is 3.30. The number of oxime groups is 1. The maximum absolute atomic E-state index is 5.80. The Balaban J connectivity index is 1.55. The summed E-state index contributed by atoms with van der Waals surface area (Å²) < 4.78 is 10.8. The van der Waals surface area contributed by atoms with Gasteiger partial charge >= 0.3 is 0 Å². The fraction of sp³-hybridized carbons (Fsp3) is 0.588. The highest BCUT2D eigenvalue weighted by molar-refractivity contribution is 6.09. The maximum atomic E-state index is 5.80. The van der Waals surface area contributed by atoms with Crippen LogP contribution in [0.25, 0.3) is 0 Å². The van der Waals surface area contributed by atoms with Crippen molar-refractivity contribution >= 4 is 11.4 Å². The summed E-state index contributed by atoms with van der Waals surface area (Å²) in [5, 5.41) is 11.3. The largest absolute Gasteiger partial charge is 0.493 e. The van der Waals surface area contributed by atoms with Crippen LogP contribution in [-0.2, 0) is 4.84 Å². The molecule has 3 heterocycles.